The molecule has 0 aliphatic heterocycles. The van der Waals surface area contributed by atoms with Crippen LogP contribution in [0.4, 0.5) is 15.9 Å². The Hall–Kier alpha value is -5.31. The highest BCUT2D eigenvalue weighted by atomic mass is 19.1. The molecule has 2 heterocycles. The summed E-state index contributed by atoms with van der Waals surface area (Å²) in [6, 6.07) is 13.7. The van der Waals surface area contributed by atoms with Gasteiger partial charge in [0.15, 0.2) is 11.6 Å². The second kappa shape index (κ2) is 9.29. The second-order valence-corrected chi connectivity index (χ2v) is 8.71. The summed E-state index contributed by atoms with van der Waals surface area (Å²) in [5, 5.41) is 23.3. The van der Waals surface area contributed by atoms with Gasteiger partial charge in [-0.2, -0.15) is 5.26 Å². The molecule has 0 spiro atoms. The fourth-order valence-electron chi connectivity index (χ4n) is 4.01. The minimum absolute atomic E-state index is 0.185. The summed E-state index contributed by atoms with van der Waals surface area (Å²) < 4.78 is 19.9. The Kier molecular flexibility index (Phi) is 5.96. The van der Waals surface area contributed by atoms with Crippen molar-refractivity contribution in [1.82, 2.24) is 25.1 Å². The number of nitrogens with one attached hydrogen (secondary N) is 2. The predicted octanol–water partition coefficient (Wildman–Crippen LogP) is 3.26. The number of methoxy groups -OCH3 is 1. The zero-order valence-corrected chi connectivity index (χ0v) is 20.2. The summed E-state index contributed by atoms with van der Waals surface area (Å²) in [5.74, 6) is -1.97. The lowest BCUT2D eigenvalue weighted by atomic mass is 9.98. The summed E-state index contributed by atoms with van der Waals surface area (Å²) in [6.07, 6.45) is 2.49. The number of hydrogen-bond donors (Lipinski definition) is 3. The lowest BCUT2D eigenvalue weighted by Crippen LogP contribution is -2.35. The van der Waals surface area contributed by atoms with Gasteiger partial charge in [0.2, 0.25) is 0 Å². The van der Waals surface area contributed by atoms with Crippen LogP contribution >= 0.6 is 0 Å². The number of fused-ring (bicyclic) bond motifs is 1. The van der Waals surface area contributed by atoms with Gasteiger partial charge < -0.3 is 21.1 Å². The van der Waals surface area contributed by atoms with E-state index in [1.165, 1.54) is 18.1 Å². The van der Waals surface area contributed by atoms with E-state index in [0.29, 0.717) is 52.2 Å². The molecule has 5 rings (SSSR count). The first kappa shape index (κ1) is 24.4. The van der Waals surface area contributed by atoms with Gasteiger partial charge in [0.25, 0.3) is 11.8 Å². The first-order valence-corrected chi connectivity index (χ1v) is 11.4. The molecule has 1 fully saturated rings. The van der Waals surface area contributed by atoms with Crippen LogP contribution in [-0.4, -0.2) is 44.3 Å². The van der Waals surface area contributed by atoms with Gasteiger partial charge in [-0.3, -0.25) is 9.59 Å². The number of nitrogens with two attached hydrogens (primary N) is 1. The summed E-state index contributed by atoms with van der Waals surface area (Å²) in [7, 11) is 1.45. The van der Waals surface area contributed by atoms with Gasteiger partial charge in [0.1, 0.15) is 28.8 Å². The van der Waals surface area contributed by atoms with Crippen LogP contribution in [0.15, 0.2) is 61.2 Å². The van der Waals surface area contributed by atoms with E-state index in [0.717, 1.165) is 0 Å². The topological polar surface area (TPSA) is 160 Å². The minimum Gasteiger partial charge on any atom is -0.496 e. The predicted molar refractivity (Wildman–Crippen MR) is 137 cm³/mol. The fourth-order valence-corrected chi connectivity index (χ4v) is 4.01. The summed E-state index contributed by atoms with van der Waals surface area (Å²) in [5.41, 5.74) is 8.79. The van der Waals surface area contributed by atoms with E-state index < -0.39 is 23.2 Å². The molecule has 0 radical (unpaired) electrons. The third-order valence-electron chi connectivity index (χ3n) is 6.18. The first-order valence-electron chi connectivity index (χ1n) is 11.4. The zero-order chi connectivity index (χ0) is 27.0. The van der Waals surface area contributed by atoms with Crippen molar-refractivity contribution in [3.05, 3.63) is 66.8 Å². The van der Waals surface area contributed by atoms with Crippen LogP contribution in [0.1, 0.15) is 23.2 Å². The van der Waals surface area contributed by atoms with Gasteiger partial charge in [-0.05, 0) is 42.7 Å². The van der Waals surface area contributed by atoms with E-state index in [4.69, 9.17) is 10.5 Å². The van der Waals surface area contributed by atoms with E-state index in [9.17, 15) is 19.2 Å². The monoisotopic (exact) mass is 512 g/mol. The SMILES string of the molecule is C=C(F)C(=O)Nc1ccc(-c2nn3ncnc(N)c3c2-c2ccc(C(=O)NC3(C#N)CC3)c(OC)c2)cc1. The van der Waals surface area contributed by atoms with Crippen LogP contribution in [-0.2, 0) is 4.79 Å². The van der Waals surface area contributed by atoms with Gasteiger partial charge in [-0.15, -0.1) is 14.8 Å². The van der Waals surface area contributed by atoms with Crippen LogP contribution < -0.4 is 21.1 Å². The highest BCUT2D eigenvalue weighted by Gasteiger charge is 2.45. The third-order valence-corrected chi connectivity index (χ3v) is 6.18. The number of ether oxygens (including phenoxy) is 1. The van der Waals surface area contributed by atoms with Crippen molar-refractivity contribution in [1.29, 1.82) is 5.26 Å². The fraction of sp³-hybridized carbons (Fsp3) is 0.154. The number of aromatic nitrogens is 4. The van der Waals surface area contributed by atoms with Gasteiger partial charge in [0.05, 0.1) is 18.7 Å². The molecule has 4 N–H and O–H groups in total. The van der Waals surface area contributed by atoms with Crippen molar-refractivity contribution in [2.45, 2.75) is 18.4 Å². The lowest BCUT2D eigenvalue weighted by molar-refractivity contribution is -0.114. The molecule has 0 bridgehead atoms. The van der Waals surface area contributed by atoms with Crippen molar-refractivity contribution >= 4 is 28.8 Å². The molecular formula is C26H21FN8O3. The number of halogens is 1. The summed E-state index contributed by atoms with van der Waals surface area (Å²) in [4.78, 5) is 28.6. The molecule has 190 valence electrons. The number of hydrogen-bond acceptors (Lipinski definition) is 8. The van der Waals surface area contributed by atoms with Crippen LogP contribution in [0.3, 0.4) is 0 Å². The Morgan fingerprint density at radius 1 is 1.21 bits per heavy atom. The van der Waals surface area contributed by atoms with Gasteiger partial charge >= 0.3 is 0 Å². The third kappa shape index (κ3) is 4.37. The van der Waals surface area contributed by atoms with Crippen molar-refractivity contribution in [3.63, 3.8) is 0 Å². The normalized spacial score (nSPS) is 13.4. The highest BCUT2D eigenvalue weighted by molar-refractivity contribution is 6.02. The zero-order valence-electron chi connectivity index (χ0n) is 20.2. The highest BCUT2D eigenvalue weighted by Crippen LogP contribution is 2.40. The Labute approximate surface area is 215 Å². The van der Waals surface area contributed by atoms with Crippen LogP contribution in [0.2, 0.25) is 0 Å². The van der Waals surface area contributed by atoms with Gasteiger partial charge in [-0.25, -0.2) is 9.37 Å². The molecule has 0 atom stereocenters. The van der Waals surface area contributed by atoms with Crippen molar-refractivity contribution < 1.29 is 18.7 Å². The molecule has 2 aromatic carbocycles. The smallest absolute Gasteiger partial charge is 0.283 e. The Bertz CT molecular complexity index is 1650. The number of nitrogens with zero attached hydrogens (tertiary/aromatic N) is 5. The molecule has 12 heteroatoms. The number of amides is 2. The maximum absolute atomic E-state index is 13.1. The van der Waals surface area contributed by atoms with Gasteiger partial charge in [0, 0.05) is 16.8 Å². The van der Waals surface area contributed by atoms with Crippen molar-refractivity contribution in [2.75, 3.05) is 18.2 Å². The second-order valence-electron chi connectivity index (χ2n) is 8.71. The number of carbonyl (C=O) groups is 2. The van der Waals surface area contributed by atoms with Crippen molar-refractivity contribution in [3.8, 4) is 34.2 Å². The van der Waals surface area contributed by atoms with Crippen LogP contribution in [0, 0.1) is 11.3 Å². The average molecular weight is 513 g/mol. The molecule has 2 amide bonds. The molecule has 11 nitrogen and oxygen atoms in total. The molecule has 1 saturated carbocycles. The number of rotatable bonds is 7. The number of benzene rings is 2. The number of anilines is 2. The van der Waals surface area contributed by atoms with E-state index in [-0.39, 0.29) is 11.4 Å². The lowest BCUT2D eigenvalue weighted by Gasteiger charge is -2.14. The van der Waals surface area contributed by atoms with E-state index in [2.05, 4.69) is 38.5 Å². The Balaban J connectivity index is 1.59. The molecule has 1 aliphatic rings. The largest absolute Gasteiger partial charge is 0.496 e. The van der Waals surface area contributed by atoms with E-state index >= 15 is 0 Å². The molecule has 0 unspecified atom stereocenters. The molecule has 4 aromatic rings. The molecular weight excluding hydrogens is 491 g/mol. The number of nitriles is 1. The number of nitrogen functional groups attached to an aromatic ring is 1. The summed E-state index contributed by atoms with van der Waals surface area (Å²) in [6.45, 7) is 2.98. The molecule has 38 heavy (non-hydrogen) atoms. The maximum atomic E-state index is 13.1. The number of carbonyl (C=O) groups excluding carboxylic acids is 2. The van der Waals surface area contributed by atoms with Crippen molar-refractivity contribution in [2.24, 2.45) is 0 Å². The molecule has 0 saturated heterocycles. The standard InChI is InChI=1S/C26H21FN8O3/c1-14(27)24(36)32-17-6-3-15(4-7-17)21-20(22-23(29)30-13-31-35(22)34-21)16-5-8-18(19(11-16)38-2)25(37)33-26(12-28)9-10-26/h3-8,11,13H,1,9-10H2,2H3,(H,32,36)(H,33,37)(H2,29,30,31). The van der Waals surface area contributed by atoms with Gasteiger partial charge in [-0.1, -0.05) is 24.8 Å². The molecule has 1 aliphatic carbocycles. The maximum Gasteiger partial charge on any atom is 0.283 e. The van der Waals surface area contributed by atoms with E-state index in [1.807, 2.05) is 0 Å². The van der Waals surface area contributed by atoms with Crippen LogP contribution in [0.25, 0.3) is 27.9 Å². The molecule has 2 aromatic heterocycles. The minimum atomic E-state index is -1.10. The Morgan fingerprint density at radius 3 is 2.55 bits per heavy atom. The first-order chi connectivity index (χ1) is 18.2. The van der Waals surface area contributed by atoms with E-state index in [1.54, 1.807) is 42.5 Å². The quantitative estimate of drug-likeness (QED) is 0.318. The Morgan fingerprint density at radius 2 is 1.92 bits per heavy atom. The summed E-state index contributed by atoms with van der Waals surface area (Å²) >= 11 is 0. The van der Waals surface area contributed by atoms with Crippen LogP contribution in [0.5, 0.6) is 5.75 Å². The average Bonchev–Trinajstić information content (AvgIpc) is 3.58.